The Balaban J connectivity index is 2.37. The molecule has 19 heavy (non-hydrogen) atoms. The van der Waals surface area contributed by atoms with Crippen LogP contribution in [0.15, 0.2) is 18.2 Å². The van der Waals surface area contributed by atoms with E-state index in [1.807, 2.05) is 12.1 Å². The predicted molar refractivity (Wildman–Crippen MR) is 71.8 cm³/mol. The second kappa shape index (κ2) is 5.31. The van der Waals surface area contributed by atoms with Crippen LogP contribution in [-0.4, -0.2) is 25.3 Å². The van der Waals surface area contributed by atoms with Gasteiger partial charge in [0.15, 0.2) is 0 Å². The van der Waals surface area contributed by atoms with Gasteiger partial charge in [0.05, 0.1) is 0 Å². The van der Waals surface area contributed by atoms with Crippen LogP contribution in [0.5, 0.6) is 0 Å². The zero-order valence-electron chi connectivity index (χ0n) is 11.2. The highest BCUT2D eigenvalue weighted by atomic mass is 19.4. The number of nitrogens with one attached hydrogen (secondary N) is 1. The molecule has 0 aromatic heterocycles. The third-order valence-electron chi connectivity index (χ3n) is 3.35. The van der Waals surface area contributed by atoms with Crippen LogP contribution >= 0.6 is 0 Å². The van der Waals surface area contributed by atoms with Crippen LogP contribution in [0, 0.1) is 0 Å². The molecule has 0 amide bonds. The average molecular weight is 272 g/mol. The molecule has 0 saturated heterocycles. The van der Waals surface area contributed by atoms with E-state index in [1.165, 1.54) is 4.90 Å². The van der Waals surface area contributed by atoms with Crippen molar-refractivity contribution in [3.8, 4) is 0 Å². The summed E-state index contributed by atoms with van der Waals surface area (Å²) in [6, 6.07) is 5.36. The van der Waals surface area contributed by atoms with Crippen LogP contribution in [0.4, 0.5) is 24.5 Å². The summed E-state index contributed by atoms with van der Waals surface area (Å²) in [6.07, 6.45) is -2.39. The zero-order chi connectivity index (χ0) is 14.0. The molecule has 1 N–H and O–H groups in total. The highest BCUT2D eigenvalue weighted by molar-refractivity contribution is 5.68. The Morgan fingerprint density at radius 3 is 2.68 bits per heavy atom. The quantitative estimate of drug-likeness (QED) is 0.899. The van der Waals surface area contributed by atoms with Crippen molar-refractivity contribution in [1.29, 1.82) is 0 Å². The maximum absolute atomic E-state index is 12.7. The first-order valence-electron chi connectivity index (χ1n) is 6.57. The van der Waals surface area contributed by atoms with Gasteiger partial charge < -0.3 is 10.2 Å². The Kier molecular flexibility index (Phi) is 3.92. The molecule has 0 unspecified atom stereocenters. The van der Waals surface area contributed by atoms with Crippen molar-refractivity contribution in [3.05, 3.63) is 23.8 Å². The van der Waals surface area contributed by atoms with E-state index >= 15 is 0 Å². The monoisotopic (exact) mass is 272 g/mol. The Hall–Kier alpha value is -1.39. The lowest BCUT2D eigenvalue weighted by Crippen LogP contribution is -2.40. The first-order chi connectivity index (χ1) is 8.88. The van der Waals surface area contributed by atoms with Crippen molar-refractivity contribution in [3.63, 3.8) is 0 Å². The van der Waals surface area contributed by atoms with Crippen LogP contribution in [0.2, 0.25) is 0 Å². The SMILES string of the molecule is CC(C)N(CC(F)(F)F)c1cccc2c1CCCN2. The summed E-state index contributed by atoms with van der Waals surface area (Å²) in [6.45, 7) is 3.57. The lowest BCUT2D eigenvalue weighted by atomic mass is 10.00. The second-order valence-electron chi connectivity index (χ2n) is 5.17. The van der Waals surface area contributed by atoms with Crippen LogP contribution < -0.4 is 10.2 Å². The molecule has 0 bridgehead atoms. The van der Waals surface area contributed by atoms with E-state index in [0.29, 0.717) is 5.69 Å². The molecule has 1 heterocycles. The highest BCUT2D eigenvalue weighted by Gasteiger charge is 2.33. The van der Waals surface area contributed by atoms with Gasteiger partial charge in [0.25, 0.3) is 0 Å². The Bertz CT molecular complexity index is 441. The second-order valence-corrected chi connectivity index (χ2v) is 5.17. The van der Waals surface area contributed by atoms with Crippen molar-refractivity contribution < 1.29 is 13.2 Å². The molecule has 0 spiro atoms. The average Bonchev–Trinajstić information content (AvgIpc) is 2.34. The molecular weight excluding hydrogens is 253 g/mol. The summed E-state index contributed by atoms with van der Waals surface area (Å²) in [4.78, 5) is 1.44. The number of hydrogen-bond donors (Lipinski definition) is 1. The molecule has 0 atom stereocenters. The first-order valence-corrected chi connectivity index (χ1v) is 6.57. The third kappa shape index (κ3) is 3.33. The number of alkyl halides is 3. The fourth-order valence-corrected chi connectivity index (χ4v) is 2.50. The van der Waals surface area contributed by atoms with Crippen molar-refractivity contribution in [2.24, 2.45) is 0 Å². The lowest BCUT2D eigenvalue weighted by molar-refractivity contribution is -0.120. The molecule has 106 valence electrons. The summed E-state index contributed by atoms with van der Waals surface area (Å²) in [5.74, 6) is 0. The largest absolute Gasteiger partial charge is 0.405 e. The molecule has 1 aliphatic heterocycles. The van der Waals surface area contributed by atoms with Gasteiger partial charge in [-0.25, -0.2) is 0 Å². The van der Waals surface area contributed by atoms with Crippen LogP contribution in [0.25, 0.3) is 0 Å². The maximum atomic E-state index is 12.7. The van der Waals surface area contributed by atoms with Crippen molar-refractivity contribution in [2.75, 3.05) is 23.3 Å². The number of hydrogen-bond acceptors (Lipinski definition) is 2. The standard InChI is InChI=1S/C14H19F3N2/c1-10(2)19(9-14(15,16)17)13-7-3-6-12-11(13)5-4-8-18-12/h3,6-7,10,18H,4-5,8-9H2,1-2H3. The van der Waals surface area contributed by atoms with Gasteiger partial charge in [-0.05, 0) is 44.4 Å². The Labute approximate surface area is 111 Å². The normalized spacial score (nSPS) is 15.1. The number of halogens is 3. The molecule has 0 aliphatic carbocycles. The van der Waals surface area contributed by atoms with E-state index in [0.717, 1.165) is 30.6 Å². The number of nitrogens with zero attached hydrogens (tertiary/aromatic N) is 1. The molecule has 1 aromatic rings. The predicted octanol–water partition coefficient (Wildman–Crippen LogP) is 3.82. The summed E-state index contributed by atoms with van der Waals surface area (Å²) in [7, 11) is 0. The molecule has 1 aromatic carbocycles. The number of fused-ring (bicyclic) bond motifs is 1. The summed E-state index contributed by atoms with van der Waals surface area (Å²) in [5, 5.41) is 3.25. The number of benzene rings is 1. The van der Waals surface area contributed by atoms with Gasteiger partial charge in [-0.15, -0.1) is 0 Å². The lowest BCUT2D eigenvalue weighted by Gasteiger charge is -2.33. The molecule has 0 radical (unpaired) electrons. The van der Waals surface area contributed by atoms with Crippen molar-refractivity contribution in [2.45, 2.75) is 38.9 Å². The van der Waals surface area contributed by atoms with E-state index < -0.39 is 12.7 Å². The minimum atomic E-state index is -4.19. The molecule has 2 nitrogen and oxygen atoms in total. The van der Waals surface area contributed by atoms with Gasteiger partial charge in [-0.1, -0.05) is 6.07 Å². The molecule has 1 aliphatic rings. The van der Waals surface area contributed by atoms with E-state index in [4.69, 9.17) is 0 Å². The van der Waals surface area contributed by atoms with Crippen molar-refractivity contribution >= 4 is 11.4 Å². The fourth-order valence-electron chi connectivity index (χ4n) is 2.50. The third-order valence-corrected chi connectivity index (χ3v) is 3.35. The van der Waals surface area contributed by atoms with E-state index in [2.05, 4.69) is 5.32 Å². The summed E-state index contributed by atoms with van der Waals surface area (Å²) in [5.41, 5.74) is 2.68. The van der Waals surface area contributed by atoms with Gasteiger partial charge in [-0.2, -0.15) is 13.2 Å². The Morgan fingerprint density at radius 1 is 1.32 bits per heavy atom. The maximum Gasteiger partial charge on any atom is 0.405 e. The number of rotatable bonds is 3. The molecule has 0 saturated carbocycles. The molecule has 0 fully saturated rings. The fraction of sp³-hybridized carbons (Fsp3) is 0.571. The van der Waals surface area contributed by atoms with Crippen molar-refractivity contribution in [1.82, 2.24) is 0 Å². The van der Waals surface area contributed by atoms with E-state index in [9.17, 15) is 13.2 Å². The molecule has 5 heteroatoms. The van der Waals surface area contributed by atoms with Gasteiger partial charge in [0, 0.05) is 24.0 Å². The molecular formula is C14H19F3N2. The number of anilines is 2. The van der Waals surface area contributed by atoms with Crippen LogP contribution in [-0.2, 0) is 6.42 Å². The molecule has 2 rings (SSSR count). The summed E-state index contributed by atoms with van der Waals surface area (Å²) >= 11 is 0. The van der Waals surface area contributed by atoms with Gasteiger partial charge in [0.2, 0.25) is 0 Å². The zero-order valence-corrected chi connectivity index (χ0v) is 11.2. The van der Waals surface area contributed by atoms with Gasteiger partial charge in [0.1, 0.15) is 6.54 Å². The van der Waals surface area contributed by atoms with Crippen LogP contribution in [0.1, 0.15) is 25.8 Å². The topological polar surface area (TPSA) is 15.3 Å². The van der Waals surface area contributed by atoms with E-state index in [-0.39, 0.29) is 6.04 Å². The summed E-state index contributed by atoms with van der Waals surface area (Å²) < 4.78 is 38.2. The Morgan fingerprint density at radius 2 is 2.05 bits per heavy atom. The van der Waals surface area contributed by atoms with Crippen LogP contribution in [0.3, 0.4) is 0 Å². The van der Waals surface area contributed by atoms with E-state index in [1.54, 1.807) is 19.9 Å². The minimum Gasteiger partial charge on any atom is -0.385 e. The smallest absolute Gasteiger partial charge is 0.385 e. The first kappa shape index (κ1) is 14.0. The minimum absolute atomic E-state index is 0.185. The highest BCUT2D eigenvalue weighted by Crippen LogP contribution is 2.34. The van der Waals surface area contributed by atoms with Gasteiger partial charge in [-0.3, -0.25) is 0 Å². The van der Waals surface area contributed by atoms with Gasteiger partial charge >= 0.3 is 6.18 Å².